The van der Waals surface area contributed by atoms with Gasteiger partial charge in [0.1, 0.15) is 5.82 Å². The molecule has 0 fully saturated rings. The van der Waals surface area contributed by atoms with Gasteiger partial charge in [-0.05, 0) is 96.1 Å². The molecule has 0 aliphatic rings. The third-order valence-corrected chi connectivity index (χ3v) is 8.42. The second-order valence-corrected chi connectivity index (χ2v) is 11.1. The Balaban J connectivity index is 1.15. The summed E-state index contributed by atoms with van der Waals surface area (Å²) < 4.78 is 0. The third-order valence-electron chi connectivity index (χ3n) is 7.24. The Morgan fingerprint density at radius 2 is 0.907 bits per heavy atom. The number of pyridine rings is 2. The quantitative estimate of drug-likeness (QED) is 0.181. The van der Waals surface area contributed by atoms with Crippen LogP contribution in [-0.2, 0) is 0 Å². The minimum absolute atomic E-state index is 0.887. The van der Waals surface area contributed by atoms with Crippen LogP contribution in [0.3, 0.4) is 0 Å². The van der Waals surface area contributed by atoms with Crippen LogP contribution < -0.4 is 9.80 Å². The first-order chi connectivity index (χ1) is 21.3. The topological polar surface area (TPSA) is 32.3 Å². The maximum atomic E-state index is 4.62. The Labute approximate surface area is 255 Å². The molecular formula is C38H28N4S. The monoisotopic (exact) mass is 572 g/mol. The van der Waals surface area contributed by atoms with E-state index in [1.165, 1.54) is 20.9 Å². The molecule has 206 valence electrons. The van der Waals surface area contributed by atoms with Gasteiger partial charge in [-0.15, -0.1) is 11.3 Å². The number of anilines is 6. The molecule has 0 amide bonds. The Morgan fingerprint density at radius 3 is 1.44 bits per heavy atom. The standard InChI is InChI=1S/C38H28N4S/c1-3-10-31(11-4-1)41(35-14-9-26-39-28-35)33-20-16-29(17-21-33)36-24-25-37(43-36)30-18-22-34(23-19-30)42(32-12-5-2-6-13-32)38-15-7-8-27-40-38/h1-28H. The van der Waals surface area contributed by atoms with Crippen molar-refractivity contribution in [2.45, 2.75) is 0 Å². The van der Waals surface area contributed by atoms with E-state index in [0.29, 0.717) is 0 Å². The highest BCUT2D eigenvalue weighted by molar-refractivity contribution is 7.18. The number of rotatable bonds is 8. The minimum atomic E-state index is 0.887. The van der Waals surface area contributed by atoms with E-state index < -0.39 is 0 Å². The van der Waals surface area contributed by atoms with Gasteiger partial charge < -0.3 is 4.90 Å². The Bertz CT molecular complexity index is 1670. The first-order valence-electron chi connectivity index (χ1n) is 14.2. The predicted octanol–water partition coefficient (Wildman–Crippen LogP) is 10.8. The van der Waals surface area contributed by atoms with E-state index >= 15 is 0 Å². The van der Waals surface area contributed by atoms with Gasteiger partial charge in [-0.2, -0.15) is 0 Å². The van der Waals surface area contributed by atoms with Crippen molar-refractivity contribution in [3.63, 3.8) is 0 Å². The molecule has 0 unspecified atom stereocenters. The summed E-state index contributed by atoms with van der Waals surface area (Å²) in [6.07, 6.45) is 5.53. The van der Waals surface area contributed by atoms with Crippen molar-refractivity contribution in [3.05, 3.63) is 170 Å². The number of para-hydroxylation sites is 2. The maximum absolute atomic E-state index is 4.62. The zero-order chi connectivity index (χ0) is 28.8. The lowest BCUT2D eigenvalue weighted by Crippen LogP contribution is -2.11. The molecule has 0 saturated heterocycles. The summed E-state index contributed by atoms with van der Waals surface area (Å²) >= 11 is 1.80. The van der Waals surface area contributed by atoms with Crippen LogP contribution >= 0.6 is 11.3 Å². The highest BCUT2D eigenvalue weighted by atomic mass is 32.1. The van der Waals surface area contributed by atoms with Crippen molar-refractivity contribution < 1.29 is 0 Å². The average Bonchev–Trinajstić information content (AvgIpc) is 3.58. The highest BCUT2D eigenvalue weighted by Gasteiger charge is 2.15. The molecule has 4 aromatic carbocycles. The Hall–Kier alpha value is -5.52. The van der Waals surface area contributed by atoms with E-state index in [1.54, 1.807) is 17.5 Å². The lowest BCUT2D eigenvalue weighted by atomic mass is 10.1. The normalized spacial score (nSPS) is 10.8. The summed E-state index contributed by atoms with van der Waals surface area (Å²) in [7, 11) is 0. The molecule has 5 heteroatoms. The van der Waals surface area contributed by atoms with Gasteiger partial charge in [0.05, 0.1) is 11.9 Å². The molecule has 43 heavy (non-hydrogen) atoms. The molecule has 0 spiro atoms. The van der Waals surface area contributed by atoms with Gasteiger partial charge in [-0.1, -0.05) is 66.7 Å². The van der Waals surface area contributed by atoms with Gasteiger partial charge in [0, 0.05) is 44.9 Å². The van der Waals surface area contributed by atoms with Crippen molar-refractivity contribution in [2.75, 3.05) is 9.80 Å². The summed E-state index contributed by atoms with van der Waals surface area (Å²) in [6, 6.07) is 52.7. The Morgan fingerprint density at radius 1 is 0.395 bits per heavy atom. The van der Waals surface area contributed by atoms with E-state index in [1.807, 2.05) is 48.8 Å². The molecule has 0 N–H and O–H groups in total. The van der Waals surface area contributed by atoms with Crippen LogP contribution in [-0.4, -0.2) is 9.97 Å². The van der Waals surface area contributed by atoms with Gasteiger partial charge in [-0.3, -0.25) is 9.88 Å². The van der Waals surface area contributed by atoms with Gasteiger partial charge in [0.2, 0.25) is 0 Å². The molecule has 3 heterocycles. The van der Waals surface area contributed by atoms with Crippen molar-refractivity contribution in [3.8, 4) is 20.9 Å². The fraction of sp³-hybridized carbons (Fsp3) is 0. The van der Waals surface area contributed by atoms with Gasteiger partial charge in [-0.25, -0.2) is 4.98 Å². The molecule has 0 bridgehead atoms. The number of benzene rings is 4. The van der Waals surface area contributed by atoms with E-state index in [0.717, 1.165) is 34.3 Å². The number of aromatic nitrogens is 2. The van der Waals surface area contributed by atoms with Crippen LogP contribution in [0.1, 0.15) is 0 Å². The third kappa shape index (κ3) is 5.67. The average molecular weight is 573 g/mol. The molecular weight excluding hydrogens is 545 g/mol. The van der Waals surface area contributed by atoms with Crippen molar-refractivity contribution in [1.29, 1.82) is 0 Å². The Kier molecular flexibility index (Phi) is 7.45. The van der Waals surface area contributed by atoms with Crippen LogP contribution in [0.5, 0.6) is 0 Å². The summed E-state index contributed by atoms with van der Waals surface area (Å²) in [6.45, 7) is 0. The molecule has 3 aromatic heterocycles. The zero-order valence-corrected chi connectivity index (χ0v) is 24.2. The van der Waals surface area contributed by atoms with Crippen LogP contribution in [0.2, 0.25) is 0 Å². The first kappa shape index (κ1) is 26.4. The number of hydrogen-bond acceptors (Lipinski definition) is 5. The molecule has 0 atom stereocenters. The van der Waals surface area contributed by atoms with Crippen molar-refractivity contribution in [2.24, 2.45) is 0 Å². The molecule has 0 aliphatic heterocycles. The first-order valence-corrected chi connectivity index (χ1v) is 15.0. The SMILES string of the molecule is c1ccc(N(c2ccc(-c3ccc(-c4ccc(N(c5ccccc5)c5ccccn5)cc4)s3)cc2)c2cccnc2)cc1. The fourth-order valence-corrected chi connectivity index (χ4v) is 6.20. The van der Waals surface area contributed by atoms with Crippen molar-refractivity contribution >= 4 is 45.6 Å². The summed E-state index contributed by atoms with van der Waals surface area (Å²) in [4.78, 5) is 15.8. The van der Waals surface area contributed by atoms with E-state index in [9.17, 15) is 0 Å². The number of hydrogen-bond donors (Lipinski definition) is 0. The van der Waals surface area contributed by atoms with Gasteiger partial charge >= 0.3 is 0 Å². The largest absolute Gasteiger partial charge is 0.309 e. The van der Waals surface area contributed by atoms with Crippen LogP contribution in [0.15, 0.2) is 170 Å². The van der Waals surface area contributed by atoms with E-state index in [-0.39, 0.29) is 0 Å². The smallest absolute Gasteiger partial charge is 0.137 e. The lowest BCUT2D eigenvalue weighted by Gasteiger charge is -2.25. The van der Waals surface area contributed by atoms with Crippen molar-refractivity contribution in [1.82, 2.24) is 9.97 Å². The molecule has 7 aromatic rings. The predicted molar refractivity (Wildman–Crippen MR) is 180 cm³/mol. The highest BCUT2D eigenvalue weighted by Crippen LogP contribution is 2.39. The number of nitrogens with zero attached hydrogens (tertiary/aromatic N) is 4. The zero-order valence-electron chi connectivity index (χ0n) is 23.4. The summed E-state index contributed by atoms with van der Waals surface area (Å²) in [5.41, 5.74) is 7.74. The molecule has 0 saturated carbocycles. The molecule has 0 radical (unpaired) electrons. The van der Waals surface area contributed by atoms with Gasteiger partial charge in [0.15, 0.2) is 0 Å². The molecule has 7 rings (SSSR count). The molecule has 4 nitrogen and oxygen atoms in total. The van der Waals surface area contributed by atoms with Gasteiger partial charge in [0.25, 0.3) is 0 Å². The maximum Gasteiger partial charge on any atom is 0.137 e. The summed E-state index contributed by atoms with van der Waals surface area (Å²) in [5.74, 6) is 0.887. The van der Waals surface area contributed by atoms with Crippen LogP contribution in [0.4, 0.5) is 34.3 Å². The van der Waals surface area contributed by atoms with E-state index in [2.05, 4.69) is 135 Å². The second-order valence-electron chi connectivity index (χ2n) is 10.00. The lowest BCUT2D eigenvalue weighted by molar-refractivity contribution is 1.18. The second kappa shape index (κ2) is 12.1. The van der Waals surface area contributed by atoms with E-state index in [4.69, 9.17) is 0 Å². The minimum Gasteiger partial charge on any atom is -0.309 e. The molecule has 0 aliphatic carbocycles. The summed E-state index contributed by atoms with van der Waals surface area (Å²) in [5, 5.41) is 0. The van der Waals surface area contributed by atoms with Crippen LogP contribution in [0, 0.1) is 0 Å². The fourth-order valence-electron chi connectivity index (χ4n) is 5.18. The van der Waals surface area contributed by atoms with Crippen LogP contribution in [0.25, 0.3) is 20.9 Å². The number of thiophene rings is 1.